The van der Waals surface area contributed by atoms with Gasteiger partial charge in [-0.25, -0.2) is 4.98 Å². The van der Waals surface area contributed by atoms with E-state index in [0.29, 0.717) is 5.41 Å². The number of nitrogens with zero attached hydrogens (tertiary/aromatic N) is 3. The topological polar surface area (TPSA) is 56.7 Å². The van der Waals surface area contributed by atoms with Crippen molar-refractivity contribution >= 4 is 0 Å². The minimum atomic E-state index is 0.227. The van der Waals surface area contributed by atoms with Gasteiger partial charge in [-0.1, -0.05) is 26.7 Å². The molecule has 1 aromatic rings. The number of nitrogens with two attached hydrogens (primary N) is 1. The molecule has 0 aliphatic heterocycles. The molecule has 2 N–H and O–H groups in total. The molecule has 1 unspecified atom stereocenters. The molecule has 18 heavy (non-hydrogen) atoms. The van der Waals surface area contributed by atoms with Crippen molar-refractivity contribution < 1.29 is 0 Å². The number of rotatable bonds is 6. The lowest BCUT2D eigenvalue weighted by atomic mass is 9.75. The molecular formula is C14H26N4. The first-order valence-corrected chi connectivity index (χ1v) is 7.34. The van der Waals surface area contributed by atoms with Crippen molar-refractivity contribution in [2.75, 3.05) is 0 Å². The molecule has 0 radical (unpaired) electrons. The highest BCUT2D eigenvalue weighted by molar-refractivity contribution is 4.98. The zero-order valence-electron chi connectivity index (χ0n) is 11.7. The zero-order valence-corrected chi connectivity index (χ0v) is 11.7. The molecule has 0 aromatic carbocycles. The molecule has 1 heterocycles. The van der Waals surface area contributed by atoms with Gasteiger partial charge in [-0.3, -0.25) is 4.68 Å². The molecule has 2 rings (SSSR count). The van der Waals surface area contributed by atoms with Crippen LogP contribution in [0.25, 0.3) is 0 Å². The van der Waals surface area contributed by atoms with Crippen LogP contribution in [0.15, 0.2) is 6.33 Å². The SMILES string of the molecule is CCCn1ncnc1CC(N)C1(CC)CCCC1. The fourth-order valence-electron chi connectivity index (χ4n) is 3.32. The quantitative estimate of drug-likeness (QED) is 0.844. The van der Waals surface area contributed by atoms with Crippen LogP contribution in [0.2, 0.25) is 0 Å². The van der Waals surface area contributed by atoms with Gasteiger partial charge in [0, 0.05) is 19.0 Å². The van der Waals surface area contributed by atoms with Crippen LogP contribution in [0.3, 0.4) is 0 Å². The van der Waals surface area contributed by atoms with Crippen molar-refractivity contribution in [3.8, 4) is 0 Å². The summed E-state index contributed by atoms with van der Waals surface area (Å²) < 4.78 is 2.01. The maximum absolute atomic E-state index is 6.50. The standard InChI is InChI=1S/C14H26N4/c1-3-9-18-13(16-11-17-18)10-12(15)14(4-2)7-5-6-8-14/h11-12H,3-10,15H2,1-2H3. The lowest BCUT2D eigenvalue weighted by molar-refractivity contribution is 0.215. The number of hydrogen-bond acceptors (Lipinski definition) is 3. The smallest absolute Gasteiger partial charge is 0.138 e. The molecule has 1 atom stereocenters. The van der Waals surface area contributed by atoms with Crippen LogP contribution in [0.1, 0.15) is 58.2 Å². The minimum Gasteiger partial charge on any atom is -0.327 e. The van der Waals surface area contributed by atoms with E-state index in [4.69, 9.17) is 5.73 Å². The van der Waals surface area contributed by atoms with Gasteiger partial charge < -0.3 is 5.73 Å². The van der Waals surface area contributed by atoms with Crippen molar-refractivity contribution in [3.63, 3.8) is 0 Å². The van der Waals surface area contributed by atoms with Crippen LogP contribution in [-0.2, 0) is 13.0 Å². The molecule has 0 amide bonds. The third kappa shape index (κ3) is 2.58. The summed E-state index contributed by atoms with van der Waals surface area (Å²) in [7, 11) is 0. The van der Waals surface area contributed by atoms with Crippen molar-refractivity contribution in [1.29, 1.82) is 0 Å². The van der Waals surface area contributed by atoms with Crippen LogP contribution in [-0.4, -0.2) is 20.8 Å². The summed E-state index contributed by atoms with van der Waals surface area (Å²) in [5.41, 5.74) is 6.85. The van der Waals surface area contributed by atoms with Crippen LogP contribution >= 0.6 is 0 Å². The van der Waals surface area contributed by atoms with E-state index in [1.807, 2.05) is 4.68 Å². The second-order valence-corrected chi connectivity index (χ2v) is 5.63. The monoisotopic (exact) mass is 250 g/mol. The lowest BCUT2D eigenvalue weighted by Gasteiger charge is -2.34. The summed E-state index contributed by atoms with van der Waals surface area (Å²) in [6.07, 6.45) is 10.0. The Kier molecular flexibility index (Phi) is 4.38. The van der Waals surface area contributed by atoms with Crippen LogP contribution in [0, 0.1) is 5.41 Å². The Morgan fingerprint density at radius 3 is 2.72 bits per heavy atom. The first-order valence-electron chi connectivity index (χ1n) is 7.34. The van der Waals surface area contributed by atoms with Crippen LogP contribution < -0.4 is 5.73 Å². The summed E-state index contributed by atoms with van der Waals surface area (Å²) in [4.78, 5) is 4.38. The molecule has 4 heteroatoms. The zero-order chi connectivity index (χ0) is 13.0. The minimum absolute atomic E-state index is 0.227. The summed E-state index contributed by atoms with van der Waals surface area (Å²) in [5.74, 6) is 1.06. The average Bonchev–Trinajstić information content (AvgIpc) is 3.00. The van der Waals surface area contributed by atoms with Gasteiger partial charge in [-0.2, -0.15) is 5.10 Å². The molecule has 0 spiro atoms. The molecule has 1 aliphatic rings. The van der Waals surface area contributed by atoms with E-state index in [1.165, 1.54) is 32.1 Å². The second kappa shape index (κ2) is 5.83. The van der Waals surface area contributed by atoms with Gasteiger partial charge in [-0.05, 0) is 31.1 Å². The van der Waals surface area contributed by atoms with E-state index in [-0.39, 0.29) is 6.04 Å². The lowest BCUT2D eigenvalue weighted by Crippen LogP contribution is -2.41. The van der Waals surface area contributed by atoms with E-state index >= 15 is 0 Å². The fraction of sp³-hybridized carbons (Fsp3) is 0.857. The molecule has 1 saturated carbocycles. The molecule has 1 fully saturated rings. The van der Waals surface area contributed by atoms with Gasteiger partial charge in [0.1, 0.15) is 12.2 Å². The Morgan fingerprint density at radius 2 is 2.11 bits per heavy atom. The highest BCUT2D eigenvalue weighted by Gasteiger charge is 2.38. The van der Waals surface area contributed by atoms with Crippen molar-refractivity contribution in [1.82, 2.24) is 14.8 Å². The highest BCUT2D eigenvalue weighted by atomic mass is 15.3. The predicted molar refractivity (Wildman–Crippen MR) is 73.2 cm³/mol. The third-order valence-electron chi connectivity index (χ3n) is 4.62. The normalized spacial score (nSPS) is 20.2. The van der Waals surface area contributed by atoms with Gasteiger partial charge >= 0.3 is 0 Å². The Morgan fingerprint density at radius 1 is 1.39 bits per heavy atom. The molecule has 102 valence electrons. The molecule has 1 aliphatic carbocycles. The van der Waals surface area contributed by atoms with Crippen LogP contribution in [0.4, 0.5) is 0 Å². The van der Waals surface area contributed by atoms with Gasteiger partial charge in [0.25, 0.3) is 0 Å². The van der Waals surface area contributed by atoms with E-state index in [0.717, 1.165) is 25.2 Å². The fourth-order valence-corrected chi connectivity index (χ4v) is 3.32. The van der Waals surface area contributed by atoms with Gasteiger partial charge in [0.2, 0.25) is 0 Å². The van der Waals surface area contributed by atoms with Crippen molar-refractivity contribution in [3.05, 3.63) is 12.2 Å². The Labute approximate surface area is 110 Å². The maximum atomic E-state index is 6.50. The first kappa shape index (κ1) is 13.5. The molecule has 0 bridgehead atoms. The van der Waals surface area contributed by atoms with E-state index in [9.17, 15) is 0 Å². The number of hydrogen-bond donors (Lipinski definition) is 1. The van der Waals surface area contributed by atoms with Crippen LogP contribution in [0.5, 0.6) is 0 Å². The van der Waals surface area contributed by atoms with Gasteiger partial charge in [0.15, 0.2) is 0 Å². The highest BCUT2D eigenvalue weighted by Crippen LogP contribution is 2.43. The van der Waals surface area contributed by atoms with E-state index in [2.05, 4.69) is 23.9 Å². The Balaban J connectivity index is 2.05. The van der Waals surface area contributed by atoms with Crippen molar-refractivity contribution in [2.45, 2.75) is 71.4 Å². The third-order valence-corrected chi connectivity index (χ3v) is 4.62. The van der Waals surface area contributed by atoms with Crippen molar-refractivity contribution in [2.24, 2.45) is 11.1 Å². The summed E-state index contributed by atoms with van der Waals surface area (Å²) in [6, 6.07) is 0.227. The number of aromatic nitrogens is 3. The van der Waals surface area contributed by atoms with E-state index < -0.39 is 0 Å². The summed E-state index contributed by atoms with van der Waals surface area (Å²) in [5, 5.41) is 4.28. The maximum Gasteiger partial charge on any atom is 0.138 e. The molecule has 0 saturated heterocycles. The Bertz CT molecular complexity index is 366. The summed E-state index contributed by atoms with van der Waals surface area (Å²) >= 11 is 0. The average molecular weight is 250 g/mol. The molecular weight excluding hydrogens is 224 g/mol. The molecule has 1 aromatic heterocycles. The molecule has 4 nitrogen and oxygen atoms in total. The second-order valence-electron chi connectivity index (χ2n) is 5.63. The number of aryl methyl sites for hydroxylation is 1. The van der Waals surface area contributed by atoms with E-state index in [1.54, 1.807) is 6.33 Å². The Hall–Kier alpha value is -0.900. The van der Waals surface area contributed by atoms with Gasteiger partial charge in [0.05, 0.1) is 0 Å². The first-order chi connectivity index (χ1) is 8.72. The largest absolute Gasteiger partial charge is 0.327 e. The summed E-state index contributed by atoms with van der Waals surface area (Å²) in [6.45, 7) is 5.39. The predicted octanol–water partition coefficient (Wildman–Crippen LogP) is 2.53. The van der Waals surface area contributed by atoms with Gasteiger partial charge in [-0.15, -0.1) is 0 Å².